The average molecular weight is 660 g/mol. The number of carbonyl (C=O) groups is 2. The minimum Gasteiger partial charge on any atom is -0.505 e. The first kappa shape index (κ1) is 30.4. The van der Waals surface area contributed by atoms with E-state index in [1.165, 1.54) is 33.6 Å². The third-order valence-corrected chi connectivity index (χ3v) is 10.1. The molecule has 9 nitrogen and oxygen atoms in total. The molecule has 1 aliphatic rings. The first-order valence-electron chi connectivity index (χ1n) is 14.9. The van der Waals surface area contributed by atoms with E-state index in [1.807, 2.05) is 73.8 Å². The number of Topliss-reactive ketones (excluding diaryl/α,β-unsaturated/α-hetero) is 1. The number of fused-ring (bicyclic) bond motifs is 1. The van der Waals surface area contributed by atoms with Gasteiger partial charge in [0.15, 0.2) is 10.1 Å². The fraction of sp³-hybridized carbons (Fsp3) is 0.139. The van der Waals surface area contributed by atoms with Crippen LogP contribution in [0.25, 0.3) is 11.4 Å². The number of hydrogen-bond acceptors (Lipinski definition) is 9. The standard InChI is InChI=1S/C36H29N5O4S2/c1-21-14-16-24(17-15-21)20-46-36-39-38-35(47-36)41-30(25-10-7-13-27(19-25)45-26-11-5-4-6-12-26)28(32(43)34(41)44)31(42)29-23(3)40-18-8-9-22(2)33(40)37-29/h4-19,30,42H,20H2,1-3H3/b31-28+. The number of ketones is 1. The van der Waals surface area contributed by atoms with E-state index in [-0.39, 0.29) is 22.2 Å². The summed E-state index contributed by atoms with van der Waals surface area (Å²) in [5.41, 5.74) is 5.20. The first-order chi connectivity index (χ1) is 22.8. The van der Waals surface area contributed by atoms with Crippen LogP contribution in [0.3, 0.4) is 0 Å². The molecule has 0 saturated carbocycles. The minimum atomic E-state index is -1.01. The van der Waals surface area contributed by atoms with Crippen LogP contribution in [0.2, 0.25) is 0 Å². The van der Waals surface area contributed by atoms with Gasteiger partial charge in [0.25, 0.3) is 5.78 Å². The Morgan fingerprint density at radius 3 is 2.45 bits per heavy atom. The highest BCUT2D eigenvalue weighted by Gasteiger charge is 2.49. The van der Waals surface area contributed by atoms with E-state index in [2.05, 4.69) is 34.5 Å². The van der Waals surface area contributed by atoms with Gasteiger partial charge in [0.1, 0.15) is 22.8 Å². The van der Waals surface area contributed by atoms with Crippen molar-refractivity contribution in [3.63, 3.8) is 0 Å². The van der Waals surface area contributed by atoms with Crippen molar-refractivity contribution in [2.75, 3.05) is 4.90 Å². The average Bonchev–Trinajstić information content (AvgIpc) is 3.76. The summed E-state index contributed by atoms with van der Waals surface area (Å²) >= 11 is 2.72. The van der Waals surface area contributed by atoms with Crippen LogP contribution in [0.5, 0.6) is 11.5 Å². The molecule has 3 aromatic heterocycles. The van der Waals surface area contributed by atoms with Gasteiger partial charge < -0.3 is 14.2 Å². The van der Waals surface area contributed by atoms with Crippen LogP contribution in [0.4, 0.5) is 5.13 Å². The number of benzene rings is 3. The molecule has 4 heterocycles. The number of rotatable bonds is 8. The lowest BCUT2D eigenvalue weighted by atomic mass is 9.96. The Morgan fingerprint density at radius 1 is 0.915 bits per heavy atom. The van der Waals surface area contributed by atoms with Crippen LogP contribution in [0, 0.1) is 20.8 Å². The highest BCUT2D eigenvalue weighted by atomic mass is 32.2. The van der Waals surface area contributed by atoms with E-state index in [1.54, 1.807) is 24.3 Å². The summed E-state index contributed by atoms with van der Waals surface area (Å²) in [5.74, 6) is -0.194. The Hall–Kier alpha value is -5.26. The van der Waals surface area contributed by atoms with Crippen LogP contribution >= 0.6 is 23.1 Å². The maximum Gasteiger partial charge on any atom is 0.301 e. The van der Waals surface area contributed by atoms with Gasteiger partial charge in [-0.05, 0) is 67.8 Å². The SMILES string of the molecule is Cc1ccc(CSc2nnc(N3C(=O)C(=O)/C(=C(/O)c4nc5c(C)cccn5c4C)C3c3cccc(Oc4ccccc4)c3)s2)cc1. The number of nitrogens with zero attached hydrogens (tertiary/aromatic N) is 5. The van der Waals surface area contributed by atoms with Crippen LogP contribution in [-0.4, -0.2) is 36.4 Å². The number of aryl methyl sites for hydroxylation is 3. The van der Waals surface area contributed by atoms with Crippen molar-refractivity contribution in [1.82, 2.24) is 19.6 Å². The molecule has 0 aliphatic carbocycles. The molecule has 1 amide bonds. The number of anilines is 1. The van der Waals surface area contributed by atoms with Crippen molar-refractivity contribution < 1.29 is 19.4 Å². The van der Waals surface area contributed by atoms with E-state index < -0.39 is 17.7 Å². The third kappa shape index (κ3) is 5.79. The topological polar surface area (TPSA) is 110 Å². The summed E-state index contributed by atoms with van der Waals surface area (Å²) in [7, 11) is 0. The summed E-state index contributed by atoms with van der Waals surface area (Å²) in [6.07, 6.45) is 1.85. The molecule has 0 spiro atoms. The lowest BCUT2D eigenvalue weighted by molar-refractivity contribution is -0.132. The molecule has 7 rings (SSSR count). The number of aromatic nitrogens is 4. The largest absolute Gasteiger partial charge is 0.505 e. The van der Waals surface area contributed by atoms with Gasteiger partial charge in [0.05, 0.1) is 17.3 Å². The second-order valence-electron chi connectivity index (χ2n) is 11.2. The van der Waals surface area contributed by atoms with Crippen molar-refractivity contribution in [3.8, 4) is 11.5 Å². The second kappa shape index (κ2) is 12.5. The Kier molecular flexibility index (Phi) is 8.09. The zero-order valence-corrected chi connectivity index (χ0v) is 27.4. The molecule has 234 valence electrons. The van der Waals surface area contributed by atoms with E-state index in [0.29, 0.717) is 38.5 Å². The molecule has 47 heavy (non-hydrogen) atoms. The van der Waals surface area contributed by atoms with E-state index >= 15 is 0 Å². The fourth-order valence-electron chi connectivity index (χ4n) is 5.58. The van der Waals surface area contributed by atoms with Crippen molar-refractivity contribution in [1.29, 1.82) is 0 Å². The quantitative estimate of drug-likeness (QED) is 0.0579. The number of amides is 1. The lowest BCUT2D eigenvalue weighted by Crippen LogP contribution is -2.29. The summed E-state index contributed by atoms with van der Waals surface area (Å²) < 4.78 is 8.60. The molecule has 1 aliphatic heterocycles. The van der Waals surface area contributed by atoms with Crippen molar-refractivity contribution >= 4 is 51.3 Å². The molecule has 1 saturated heterocycles. The lowest BCUT2D eigenvalue weighted by Gasteiger charge is -2.23. The Morgan fingerprint density at radius 2 is 1.68 bits per heavy atom. The van der Waals surface area contributed by atoms with Gasteiger partial charge in [-0.3, -0.25) is 14.5 Å². The minimum absolute atomic E-state index is 0.0833. The third-order valence-electron chi connectivity index (χ3n) is 7.99. The van der Waals surface area contributed by atoms with Gasteiger partial charge in [0.2, 0.25) is 5.13 Å². The molecule has 0 radical (unpaired) electrons. The number of para-hydroxylation sites is 1. The Labute approximate surface area is 279 Å². The Bertz CT molecular complexity index is 2170. The van der Waals surface area contributed by atoms with Crippen LogP contribution in [-0.2, 0) is 15.3 Å². The number of hydrogen-bond donors (Lipinski definition) is 1. The highest BCUT2D eigenvalue weighted by molar-refractivity contribution is 8.00. The molecular weight excluding hydrogens is 631 g/mol. The van der Waals surface area contributed by atoms with Crippen molar-refractivity contribution in [3.05, 3.63) is 136 Å². The zero-order valence-electron chi connectivity index (χ0n) is 25.7. The van der Waals surface area contributed by atoms with Crippen LogP contribution < -0.4 is 9.64 Å². The van der Waals surface area contributed by atoms with Gasteiger partial charge >= 0.3 is 5.91 Å². The fourth-order valence-corrected chi connectivity index (χ4v) is 7.40. The maximum atomic E-state index is 13.9. The van der Waals surface area contributed by atoms with E-state index in [0.717, 1.165) is 11.1 Å². The molecule has 0 bridgehead atoms. The summed E-state index contributed by atoms with van der Waals surface area (Å²) in [5, 5.41) is 20.8. The van der Waals surface area contributed by atoms with Gasteiger partial charge in [-0.15, -0.1) is 10.2 Å². The zero-order chi connectivity index (χ0) is 32.7. The van der Waals surface area contributed by atoms with Crippen LogP contribution in [0.15, 0.2) is 107 Å². The van der Waals surface area contributed by atoms with E-state index in [9.17, 15) is 14.7 Å². The molecule has 1 unspecified atom stereocenters. The molecule has 11 heteroatoms. The first-order valence-corrected chi connectivity index (χ1v) is 16.7. The molecule has 1 N–H and O–H groups in total. The predicted octanol–water partition coefficient (Wildman–Crippen LogP) is 7.82. The number of aliphatic hydroxyl groups is 1. The summed E-state index contributed by atoms with van der Waals surface area (Å²) in [6.45, 7) is 5.78. The number of imidazole rings is 1. The van der Waals surface area contributed by atoms with Crippen molar-refractivity contribution in [2.45, 2.75) is 36.9 Å². The van der Waals surface area contributed by atoms with Gasteiger partial charge in [-0.2, -0.15) is 0 Å². The monoisotopic (exact) mass is 659 g/mol. The Balaban J connectivity index is 1.32. The molecular formula is C36H29N5O4S2. The van der Waals surface area contributed by atoms with Gasteiger partial charge in [0, 0.05) is 11.9 Å². The molecule has 1 atom stereocenters. The smallest absolute Gasteiger partial charge is 0.301 e. The van der Waals surface area contributed by atoms with Gasteiger partial charge in [-0.1, -0.05) is 89.3 Å². The van der Waals surface area contributed by atoms with E-state index in [4.69, 9.17) is 9.72 Å². The van der Waals surface area contributed by atoms with Gasteiger partial charge in [-0.25, -0.2) is 4.98 Å². The maximum absolute atomic E-state index is 13.9. The second-order valence-corrected chi connectivity index (χ2v) is 13.4. The van der Waals surface area contributed by atoms with Crippen molar-refractivity contribution in [2.24, 2.45) is 0 Å². The normalized spacial score (nSPS) is 15.9. The highest BCUT2D eigenvalue weighted by Crippen LogP contribution is 2.45. The molecule has 6 aromatic rings. The number of carbonyl (C=O) groups excluding carboxylic acids is 2. The number of ether oxygens (including phenoxy) is 1. The summed E-state index contributed by atoms with van der Waals surface area (Å²) in [6, 6.07) is 27.5. The number of thioether (sulfide) groups is 1. The predicted molar refractivity (Wildman–Crippen MR) is 183 cm³/mol. The summed E-state index contributed by atoms with van der Waals surface area (Å²) in [4.78, 5) is 33.7. The number of pyridine rings is 1. The number of aliphatic hydroxyl groups excluding tert-OH is 1. The molecule has 3 aromatic carbocycles. The molecule has 1 fully saturated rings. The van der Waals surface area contributed by atoms with Crippen LogP contribution in [0.1, 0.15) is 39.7 Å².